The molecule has 1 aromatic carbocycles. The normalized spacial score (nSPS) is 8.92. The van der Waals surface area contributed by atoms with Crippen LogP contribution < -0.4 is 5.32 Å². The SMILES string of the molecule is C#CC(=O)NCc1ccc(Br)cc1. The summed E-state index contributed by atoms with van der Waals surface area (Å²) in [4.78, 5) is 10.7. The first-order valence-corrected chi connectivity index (χ1v) is 4.50. The van der Waals surface area contributed by atoms with Crippen molar-refractivity contribution in [3.63, 3.8) is 0 Å². The Morgan fingerprint density at radius 3 is 2.62 bits per heavy atom. The van der Waals surface area contributed by atoms with E-state index in [1.54, 1.807) is 0 Å². The lowest BCUT2D eigenvalue weighted by Gasteiger charge is -2.00. The van der Waals surface area contributed by atoms with Crippen LogP contribution in [0.4, 0.5) is 0 Å². The standard InChI is InChI=1S/C10H8BrNO/c1-2-10(13)12-7-8-3-5-9(11)6-4-8/h1,3-6H,7H2,(H,12,13). The van der Waals surface area contributed by atoms with E-state index in [0.29, 0.717) is 6.54 Å². The molecule has 13 heavy (non-hydrogen) atoms. The predicted molar refractivity (Wildman–Crippen MR) is 54.8 cm³/mol. The topological polar surface area (TPSA) is 29.1 Å². The van der Waals surface area contributed by atoms with Gasteiger partial charge in [0.25, 0.3) is 5.91 Å². The highest BCUT2D eigenvalue weighted by Gasteiger charge is 1.95. The van der Waals surface area contributed by atoms with E-state index in [4.69, 9.17) is 6.42 Å². The summed E-state index contributed by atoms with van der Waals surface area (Å²) in [6.45, 7) is 0.469. The third-order valence-corrected chi connectivity index (χ3v) is 2.03. The minimum absolute atomic E-state index is 0.386. The van der Waals surface area contributed by atoms with Crippen molar-refractivity contribution in [1.82, 2.24) is 5.32 Å². The van der Waals surface area contributed by atoms with Crippen molar-refractivity contribution in [1.29, 1.82) is 0 Å². The summed E-state index contributed by atoms with van der Waals surface area (Å²) in [5, 5.41) is 2.58. The summed E-state index contributed by atoms with van der Waals surface area (Å²) in [6.07, 6.45) is 4.89. The van der Waals surface area contributed by atoms with Crippen LogP contribution in [-0.4, -0.2) is 5.91 Å². The average molecular weight is 238 g/mol. The quantitative estimate of drug-likeness (QED) is 0.780. The van der Waals surface area contributed by atoms with E-state index in [-0.39, 0.29) is 5.91 Å². The zero-order valence-electron chi connectivity index (χ0n) is 6.88. The number of hydrogen-bond acceptors (Lipinski definition) is 1. The molecule has 0 bridgehead atoms. The van der Waals surface area contributed by atoms with Gasteiger partial charge in [0.2, 0.25) is 0 Å². The van der Waals surface area contributed by atoms with Crippen molar-refractivity contribution in [2.75, 3.05) is 0 Å². The van der Waals surface area contributed by atoms with Crippen molar-refractivity contribution in [3.8, 4) is 12.3 Å². The molecule has 0 aliphatic heterocycles. The molecule has 1 rings (SSSR count). The van der Waals surface area contributed by atoms with E-state index in [1.165, 1.54) is 0 Å². The van der Waals surface area contributed by atoms with Gasteiger partial charge in [-0.15, -0.1) is 6.42 Å². The number of hydrogen-bond donors (Lipinski definition) is 1. The Balaban J connectivity index is 2.52. The Kier molecular flexibility index (Phi) is 3.53. The maximum absolute atomic E-state index is 10.7. The van der Waals surface area contributed by atoms with Crippen LogP contribution in [0.1, 0.15) is 5.56 Å². The Labute approximate surface area is 85.5 Å². The highest BCUT2D eigenvalue weighted by atomic mass is 79.9. The minimum atomic E-state index is -0.386. The van der Waals surface area contributed by atoms with Gasteiger partial charge in [-0.05, 0) is 23.6 Å². The monoisotopic (exact) mass is 237 g/mol. The van der Waals surface area contributed by atoms with Crippen molar-refractivity contribution in [2.45, 2.75) is 6.54 Å². The fourth-order valence-electron chi connectivity index (χ4n) is 0.836. The maximum atomic E-state index is 10.7. The van der Waals surface area contributed by atoms with Gasteiger partial charge in [0.15, 0.2) is 0 Å². The molecular formula is C10H8BrNO. The molecule has 0 aliphatic rings. The second-order valence-corrected chi connectivity index (χ2v) is 3.37. The van der Waals surface area contributed by atoms with E-state index in [1.807, 2.05) is 30.2 Å². The smallest absolute Gasteiger partial charge is 0.295 e. The molecule has 0 saturated heterocycles. The summed E-state index contributed by atoms with van der Waals surface area (Å²) < 4.78 is 1.01. The summed E-state index contributed by atoms with van der Waals surface area (Å²) >= 11 is 3.32. The molecule has 0 fully saturated rings. The van der Waals surface area contributed by atoms with Gasteiger partial charge in [0, 0.05) is 11.0 Å². The predicted octanol–water partition coefficient (Wildman–Crippen LogP) is 1.70. The average Bonchev–Trinajstić information content (AvgIpc) is 2.16. The Hall–Kier alpha value is -1.27. The van der Waals surface area contributed by atoms with Gasteiger partial charge in [-0.25, -0.2) is 0 Å². The molecular weight excluding hydrogens is 230 g/mol. The third-order valence-electron chi connectivity index (χ3n) is 1.50. The summed E-state index contributed by atoms with van der Waals surface area (Å²) in [5.41, 5.74) is 1.02. The Morgan fingerprint density at radius 1 is 1.46 bits per heavy atom. The van der Waals surface area contributed by atoms with Gasteiger partial charge < -0.3 is 5.32 Å². The van der Waals surface area contributed by atoms with Crippen molar-refractivity contribution >= 4 is 21.8 Å². The molecule has 1 amide bonds. The maximum Gasteiger partial charge on any atom is 0.295 e. The lowest BCUT2D eigenvalue weighted by atomic mass is 10.2. The van der Waals surface area contributed by atoms with Crippen molar-refractivity contribution < 1.29 is 4.79 Å². The fraction of sp³-hybridized carbons (Fsp3) is 0.100. The molecule has 0 unspecified atom stereocenters. The van der Waals surface area contributed by atoms with Crippen LogP contribution in [0.5, 0.6) is 0 Å². The van der Waals surface area contributed by atoms with Crippen LogP contribution in [0.3, 0.4) is 0 Å². The van der Waals surface area contributed by atoms with E-state index in [9.17, 15) is 4.79 Å². The number of carbonyl (C=O) groups excluding carboxylic acids is 1. The molecule has 0 radical (unpaired) electrons. The third kappa shape index (κ3) is 3.30. The molecule has 3 heteroatoms. The number of rotatable bonds is 2. The summed E-state index contributed by atoms with van der Waals surface area (Å²) in [7, 11) is 0. The summed E-state index contributed by atoms with van der Waals surface area (Å²) in [5.74, 6) is 1.60. The fourth-order valence-corrected chi connectivity index (χ4v) is 1.10. The van der Waals surface area contributed by atoms with Crippen LogP contribution in [-0.2, 0) is 11.3 Å². The Bertz CT molecular complexity index is 337. The number of amides is 1. The molecule has 0 saturated carbocycles. The van der Waals surface area contributed by atoms with E-state index >= 15 is 0 Å². The van der Waals surface area contributed by atoms with Gasteiger partial charge in [-0.2, -0.15) is 0 Å². The van der Waals surface area contributed by atoms with Crippen LogP contribution in [0, 0.1) is 12.3 Å². The van der Waals surface area contributed by atoms with Gasteiger partial charge in [0.1, 0.15) is 0 Å². The largest absolute Gasteiger partial charge is 0.341 e. The van der Waals surface area contributed by atoms with E-state index < -0.39 is 0 Å². The van der Waals surface area contributed by atoms with Gasteiger partial charge in [-0.3, -0.25) is 4.79 Å². The highest BCUT2D eigenvalue weighted by Crippen LogP contribution is 2.09. The number of nitrogens with one attached hydrogen (secondary N) is 1. The number of terminal acetylenes is 1. The molecule has 1 aromatic rings. The minimum Gasteiger partial charge on any atom is -0.341 e. The van der Waals surface area contributed by atoms with Gasteiger partial charge in [0.05, 0.1) is 0 Å². The molecule has 0 atom stereocenters. The first-order chi connectivity index (χ1) is 6.22. The Morgan fingerprint density at radius 2 is 2.08 bits per heavy atom. The van der Waals surface area contributed by atoms with Gasteiger partial charge >= 0.3 is 0 Å². The number of halogens is 1. The number of carbonyl (C=O) groups is 1. The van der Waals surface area contributed by atoms with Crippen molar-refractivity contribution in [2.24, 2.45) is 0 Å². The van der Waals surface area contributed by atoms with Crippen LogP contribution in [0.15, 0.2) is 28.7 Å². The number of benzene rings is 1. The molecule has 0 aromatic heterocycles. The molecule has 66 valence electrons. The lowest BCUT2D eigenvalue weighted by molar-refractivity contribution is -0.115. The molecule has 2 nitrogen and oxygen atoms in total. The highest BCUT2D eigenvalue weighted by molar-refractivity contribution is 9.10. The van der Waals surface area contributed by atoms with Gasteiger partial charge in [-0.1, -0.05) is 28.1 Å². The van der Waals surface area contributed by atoms with Crippen LogP contribution >= 0.6 is 15.9 Å². The first-order valence-electron chi connectivity index (χ1n) is 3.71. The van der Waals surface area contributed by atoms with Crippen molar-refractivity contribution in [3.05, 3.63) is 34.3 Å². The molecule has 1 N–H and O–H groups in total. The van der Waals surface area contributed by atoms with E-state index in [2.05, 4.69) is 21.2 Å². The van der Waals surface area contributed by atoms with E-state index in [0.717, 1.165) is 10.0 Å². The summed E-state index contributed by atoms with van der Waals surface area (Å²) in [6, 6.07) is 7.66. The molecule has 0 spiro atoms. The zero-order valence-corrected chi connectivity index (χ0v) is 8.47. The second-order valence-electron chi connectivity index (χ2n) is 2.45. The lowest BCUT2D eigenvalue weighted by Crippen LogP contribution is -2.20. The second kappa shape index (κ2) is 4.68. The zero-order chi connectivity index (χ0) is 9.68. The molecule has 0 heterocycles. The van der Waals surface area contributed by atoms with Crippen LogP contribution in [0.2, 0.25) is 0 Å². The molecule has 0 aliphatic carbocycles. The van der Waals surface area contributed by atoms with Crippen LogP contribution in [0.25, 0.3) is 0 Å². The first kappa shape index (κ1) is 9.82.